The number of esters is 1. The zero-order chi connectivity index (χ0) is 9.56. The van der Waals surface area contributed by atoms with E-state index in [1.54, 1.807) is 0 Å². The first kappa shape index (κ1) is 10.6. The number of carboxylic acid groups (broad SMARTS) is 1. The van der Waals surface area contributed by atoms with Gasteiger partial charge in [0, 0.05) is 0 Å². The molecule has 0 fully saturated rings. The second-order valence-electron chi connectivity index (χ2n) is 2.26. The highest BCUT2D eigenvalue weighted by molar-refractivity contribution is 5.81. The summed E-state index contributed by atoms with van der Waals surface area (Å²) in [5, 5.41) is 8.17. The van der Waals surface area contributed by atoms with Crippen molar-refractivity contribution in [1.82, 2.24) is 0 Å². The molecule has 0 saturated heterocycles. The SMILES string of the molecule is CC(=O)COC(=O)CCC(=O)O. The van der Waals surface area contributed by atoms with Crippen LogP contribution in [0.5, 0.6) is 0 Å². The van der Waals surface area contributed by atoms with E-state index in [4.69, 9.17) is 5.11 Å². The van der Waals surface area contributed by atoms with Gasteiger partial charge in [-0.05, 0) is 6.92 Å². The normalized spacial score (nSPS) is 9.08. The van der Waals surface area contributed by atoms with Crippen LogP contribution in [0.1, 0.15) is 19.8 Å². The maximum atomic E-state index is 10.6. The van der Waals surface area contributed by atoms with Gasteiger partial charge in [0.25, 0.3) is 0 Å². The van der Waals surface area contributed by atoms with Crippen molar-refractivity contribution in [2.75, 3.05) is 6.61 Å². The number of carboxylic acids is 1. The summed E-state index contributed by atoms with van der Waals surface area (Å²) in [5.41, 5.74) is 0. The summed E-state index contributed by atoms with van der Waals surface area (Å²) in [5.74, 6) is -1.99. The molecule has 1 N–H and O–H groups in total. The van der Waals surface area contributed by atoms with E-state index in [1.807, 2.05) is 0 Å². The van der Waals surface area contributed by atoms with Gasteiger partial charge in [-0.3, -0.25) is 14.4 Å². The van der Waals surface area contributed by atoms with E-state index in [0.29, 0.717) is 0 Å². The molecule has 5 heteroatoms. The van der Waals surface area contributed by atoms with E-state index in [9.17, 15) is 14.4 Å². The number of hydrogen-bond acceptors (Lipinski definition) is 4. The van der Waals surface area contributed by atoms with E-state index in [0.717, 1.165) is 0 Å². The van der Waals surface area contributed by atoms with Gasteiger partial charge >= 0.3 is 11.9 Å². The topological polar surface area (TPSA) is 80.7 Å². The Morgan fingerprint density at radius 2 is 1.83 bits per heavy atom. The Labute approximate surface area is 69.3 Å². The number of aliphatic carboxylic acids is 1. The van der Waals surface area contributed by atoms with E-state index < -0.39 is 11.9 Å². The first-order valence-electron chi connectivity index (χ1n) is 3.39. The van der Waals surface area contributed by atoms with Gasteiger partial charge in [0.15, 0.2) is 5.78 Å². The zero-order valence-electron chi connectivity index (χ0n) is 6.70. The van der Waals surface area contributed by atoms with Gasteiger partial charge in [-0.2, -0.15) is 0 Å². The van der Waals surface area contributed by atoms with Crippen LogP contribution >= 0.6 is 0 Å². The van der Waals surface area contributed by atoms with Crippen LogP contribution in [0, 0.1) is 0 Å². The Bertz CT molecular complexity index is 176. The molecule has 0 aromatic rings. The lowest BCUT2D eigenvalue weighted by molar-refractivity contribution is -0.150. The molecule has 0 aliphatic heterocycles. The number of rotatable bonds is 5. The maximum Gasteiger partial charge on any atom is 0.306 e. The lowest BCUT2D eigenvalue weighted by Gasteiger charge is -1.99. The number of carbonyl (C=O) groups is 3. The first-order valence-corrected chi connectivity index (χ1v) is 3.39. The van der Waals surface area contributed by atoms with Gasteiger partial charge in [-0.25, -0.2) is 0 Å². The lowest BCUT2D eigenvalue weighted by atomic mass is 10.3. The highest BCUT2D eigenvalue weighted by Crippen LogP contribution is 1.92. The van der Waals surface area contributed by atoms with Gasteiger partial charge in [-0.1, -0.05) is 0 Å². The fraction of sp³-hybridized carbons (Fsp3) is 0.571. The number of hydrogen-bond donors (Lipinski definition) is 1. The first-order chi connectivity index (χ1) is 5.52. The summed E-state index contributed by atoms with van der Waals surface area (Å²) < 4.78 is 4.40. The molecule has 0 atom stereocenters. The van der Waals surface area contributed by atoms with Crippen molar-refractivity contribution < 1.29 is 24.2 Å². The smallest absolute Gasteiger partial charge is 0.306 e. The molecule has 0 radical (unpaired) electrons. The minimum Gasteiger partial charge on any atom is -0.481 e. The molecule has 0 bridgehead atoms. The van der Waals surface area contributed by atoms with Crippen LogP contribution in [-0.4, -0.2) is 29.4 Å². The van der Waals surface area contributed by atoms with Crippen molar-refractivity contribution in [3.05, 3.63) is 0 Å². The van der Waals surface area contributed by atoms with Gasteiger partial charge in [0.1, 0.15) is 6.61 Å². The van der Waals surface area contributed by atoms with Crippen molar-refractivity contribution in [3.8, 4) is 0 Å². The predicted molar refractivity (Wildman–Crippen MR) is 38.5 cm³/mol. The van der Waals surface area contributed by atoms with Crippen LogP contribution in [0.15, 0.2) is 0 Å². The Morgan fingerprint density at radius 3 is 2.25 bits per heavy atom. The molecule has 68 valence electrons. The number of carbonyl (C=O) groups excluding carboxylic acids is 2. The van der Waals surface area contributed by atoms with Crippen LogP contribution in [0.2, 0.25) is 0 Å². The third-order valence-corrected chi connectivity index (χ3v) is 0.979. The third kappa shape index (κ3) is 6.73. The quantitative estimate of drug-likeness (QED) is 0.592. The highest BCUT2D eigenvalue weighted by Gasteiger charge is 2.06. The molecule has 0 aromatic carbocycles. The van der Waals surface area contributed by atoms with Gasteiger partial charge in [-0.15, -0.1) is 0 Å². The Morgan fingerprint density at radius 1 is 1.25 bits per heavy atom. The summed E-state index contributed by atoms with van der Waals surface area (Å²) in [4.78, 5) is 30.9. The molecule has 0 aromatic heterocycles. The number of ketones is 1. The molecule has 5 nitrogen and oxygen atoms in total. The minimum atomic E-state index is -1.06. The molecule has 0 spiro atoms. The van der Waals surface area contributed by atoms with E-state index in [-0.39, 0.29) is 25.2 Å². The lowest BCUT2D eigenvalue weighted by Crippen LogP contribution is -2.12. The Hall–Kier alpha value is -1.39. The van der Waals surface area contributed by atoms with Crippen LogP contribution in [0.25, 0.3) is 0 Å². The van der Waals surface area contributed by atoms with Gasteiger partial charge in [0.05, 0.1) is 12.8 Å². The summed E-state index contributed by atoms with van der Waals surface area (Å²) in [6, 6.07) is 0. The number of Topliss-reactive ketones (excluding diaryl/α,β-unsaturated/α-hetero) is 1. The average Bonchev–Trinajstić information content (AvgIpc) is 1.96. The van der Waals surface area contributed by atoms with Crippen LogP contribution in [0.3, 0.4) is 0 Å². The van der Waals surface area contributed by atoms with Gasteiger partial charge in [0.2, 0.25) is 0 Å². The second-order valence-corrected chi connectivity index (χ2v) is 2.26. The molecule has 12 heavy (non-hydrogen) atoms. The summed E-state index contributed by atoms with van der Waals surface area (Å²) in [7, 11) is 0. The monoisotopic (exact) mass is 174 g/mol. The van der Waals surface area contributed by atoms with Crippen molar-refractivity contribution >= 4 is 17.7 Å². The largest absolute Gasteiger partial charge is 0.481 e. The van der Waals surface area contributed by atoms with Gasteiger partial charge < -0.3 is 9.84 Å². The van der Waals surface area contributed by atoms with Crippen LogP contribution in [0.4, 0.5) is 0 Å². The number of ether oxygens (including phenoxy) is 1. The highest BCUT2D eigenvalue weighted by atomic mass is 16.5. The molecular weight excluding hydrogens is 164 g/mol. The average molecular weight is 174 g/mol. The molecular formula is C7H10O5. The van der Waals surface area contributed by atoms with Crippen LogP contribution < -0.4 is 0 Å². The van der Waals surface area contributed by atoms with E-state index in [1.165, 1.54) is 6.92 Å². The maximum absolute atomic E-state index is 10.6. The summed E-state index contributed by atoms with van der Waals surface area (Å²) in [6.07, 6.45) is -0.459. The fourth-order valence-electron chi connectivity index (χ4n) is 0.463. The summed E-state index contributed by atoms with van der Waals surface area (Å²) in [6.45, 7) is 1.00. The van der Waals surface area contributed by atoms with E-state index in [2.05, 4.69) is 4.74 Å². The van der Waals surface area contributed by atoms with E-state index >= 15 is 0 Å². The Kier molecular flexibility index (Phi) is 4.67. The molecule has 0 unspecified atom stereocenters. The van der Waals surface area contributed by atoms with Crippen molar-refractivity contribution in [2.24, 2.45) is 0 Å². The minimum absolute atomic E-state index is 0.192. The standard InChI is InChI=1S/C7H10O5/c1-5(8)4-12-7(11)3-2-6(9)10/h2-4H2,1H3,(H,9,10). The molecule has 0 rings (SSSR count). The molecule has 0 aliphatic carbocycles. The van der Waals surface area contributed by atoms with Crippen LogP contribution in [-0.2, 0) is 19.1 Å². The predicted octanol–water partition coefficient (Wildman–Crippen LogP) is -0.0166. The van der Waals surface area contributed by atoms with Crippen molar-refractivity contribution in [2.45, 2.75) is 19.8 Å². The second kappa shape index (κ2) is 5.29. The van der Waals surface area contributed by atoms with Crippen molar-refractivity contribution in [1.29, 1.82) is 0 Å². The fourth-order valence-corrected chi connectivity index (χ4v) is 0.463. The Balaban J connectivity index is 3.47. The third-order valence-electron chi connectivity index (χ3n) is 0.979. The summed E-state index contributed by atoms with van der Waals surface area (Å²) >= 11 is 0. The zero-order valence-corrected chi connectivity index (χ0v) is 6.70. The molecule has 0 aliphatic rings. The van der Waals surface area contributed by atoms with Crippen molar-refractivity contribution in [3.63, 3.8) is 0 Å². The molecule has 0 saturated carbocycles. The molecule has 0 amide bonds. The molecule has 0 heterocycles.